The van der Waals surface area contributed by atoms with E-state index in [1.54, 1.807) is 0 Å². The van der Waals surface area contributed by atoms with Gasteiger partial charge in [0.05, 0.1) is 0 Å². The average molecular weight is 312 g/mol. The van der Waals surface area contributed by atoms with Gasteiger partial charge in [0.2, 0.25) is 0 Å². The van der Waals surface area contributed by atoms with E-state index in [-0.39, 0.29) is 0 Å². The summed E-state index contributed by atoms with van der Waals surface area (Å²) >= 11 is 3.55. The molecule has 0 amide bonds. The van der Waals surface area contributed by atoms with Gasteiger partial charge in [-0.25, -0.2) is 0 Å². The van der Waals surface area contributed by atoms with Crippen molar-refractivity contribution in [1.82, 2.24) is 10.2 Å². The predicted octanol–water partition coefficient (Wildman–Crippen LogP) is 2.18. The summed E-state index contributed by atoms with van der Waals surface area (Å²) in [5.41, 5.74) is 1.31. The normalized spacial score (nSPS) is 24.6. The molecule has 0 aromatic heterocycles. The SMILES string of the molecule is CC1CN(c2cccc(Br)c2)CC(CN(C)C)N1. The maximum Gasteiger partial charge on any atom is 0.0378 e. The lowest BCUT2D eigenvalue weighted by Gasteiger charge is -2.40. The summed E-state index contributed by atoms with van der Waals surface area (Å²) in [6, 6.07) is 9.63. The Morgan fingerprint density at radius 3 is 2.83 bits per heavy atom. The largest absolute Gasteiger partial charge is 0.368 e. The van der Waals surface area contributed by atoms with Gasteiger partial charge in [0, 0.05) is 41.9 Å². The Morgan fingerprint density at radius 1 is 1.39 bits per heavy atom. The zero-order valence-electron chi connectivity index (χ0n) is 11.4. The van der Waals surface area contributed by atoms with Crippen molar-refractivity contribution < 1.29 is 0 Å². The van der Waals surface area contributed by atoms with E-state index in [1.165, 1.54) is 5.69 Å². The number of piperazine rings is 1. The summed E-state index contributed by atoms with van der Waals surface area (Å²) < 4.78 is 1.15. The van der Waals surface area contributed by atoms with Gasteiger partial charge in [0.15, 0.2) is 0 Å². The molecule has 4 heteroatoms. The van der Waals surface area contributed by atoms with Crippen LogP contribution in [-0.2, 0) is 0 Å². The number of halogens is 1. The number of likely N-dealkylation sites (N-methyl/N-ethyl adjacent to an activating group) is 1. The van der Waals surface area contributed by atoms with Gasteiger partial charge in [-0.3, -0.25) is 0 Å². The van der Waals surface area contributed by atoms with Crippen LogP contribution in [0.1, 0.15) is 6.92 Å². The quantitative estimate of drug-likeness (QED) is 0.923. The van der Waals surface area contributed by atoms with E-state index < -0.39 is 0 Å². The zero-order chi connectivity index (χ0) is 13.1. The van der Waals surface area contributed by atoms with Crippen molar-refractivity contribution in [1.29, 1.82) is 0 Å². The number of anilines is 1. The first-order valence-corrected chi connectivity index (χ1v) is 7.25. The summed E-state index contributed by atoms with van der Waals surface area (Å²) in [7, 11) is 4.26. The van der Waals surface area contributed by atoms with Crippen LogP contribution in [0.5, 0.6) is 0 Å². The molecule has 100 valence electrons. The minimum atomic E-state index is 0.530. The first-order chi connectivity index (χ1) is 8.54. The maximum atomic E-state index is 3.67. The van der Waals surface area contributed by atoms with Crippen LogP contribution in [0.2, 0.25) is 0 Å². The standard InChI is InChI=1S/C14H22BrN3/c1-11-8-18(10-13(16-11)9-17(2)3)14-6-4-5-12(15)7-14/h4-7,11,13,16H,8-10H2,1-3H3. The van der Waals surface area contributed by atoms with Crippen LogP contribution in [-0.4, -0.2) is 50.7 Å². The van der Waals surface area contributed by atoms with E-state index in [0.717, 1.165) is 24.1 Å². The van der Waals surface area contributed by atoms with E-state index in [2.05, 4.69) is 76.3 Å². The van der Waals surface area contributed by atoms with Crippen molar-refractivity contribution >= 4 is 21.6 Å². The van der Waals surface area contributed by atoms with Crippen LogP contribution in [0.25, 0.3) is 0 Å². The topological polar surface area (TPSA) is 18.5 Å². The molecule has 3 nitrogen and oxygen atoms in total. The number of rotatable bonds is 3. The monoisotopic (exact) mass is 311 g/mol. The van der Waals surface area contributed by atoms with Crippen LogP contribution in [0, 0.1) is 0 Å². The van der Waals surface area contributed by atoms with Crippen LogP contribution < -0.4 is 10.2 Å². The highest BCUT2D eigenvalue weighted by Crippen LogP contribution is 2.22. The highest BCUT2D eigenvalue weighted by atomic mass is 79.9. The number of nitrogens with zero attached hydrogens (tertiary/aromatic N) is 2. The van der Waals surface area contributed by atoms with E-state index in [4.69, 9.17) is 0 Å². The fourth-order valence-corrected chi connectivity index (χ4v) is 3.00. The molecule has 1 fully saturated rings. The molecule has 2 unspecified atom stereocenters. The summed E-state index contributed by atoms with van der Waals surface area (Å²) in [4.78, 5) is 4.72. The lowest BCUT2D eigenvalue weighted by Crippen LogP contribution is -2.58. The minimum absolute atomic E-state index is 0.530. The molecule has 1 heterocycles. The van der Waals surface area contributed by atoms with Crippen LogP contribution in [0.15, 0.2) is 28.7 Å². The fraction of sp³-hybridized carbons (Fsp3) is 0.571. The lowest BCUT2D eigenvalue weighted by molar-refractivity contribution is 0.297. The molecule has 2 atom stereocenters. The summed E-state index contributed by atoms with van der Waals surface area (Å²) in [6.07, 6.45) is 0. The molecule has 0 spiro atoms. The van der Waals surface area contributed by atoms with Crippen molar-refractivity contribution in [3.63, 3.8) is 0 Å². The molecule has 1 saturated heterocycles. The van der Waals surface area contributed by atoms with Crippen molar-refractivity contribution in [3.8, 4) is 0 Å². The van der Waals surface area contributed by atoms with Gasteiger partial charge < -0.3 is 15.1 Å². The minimum Gasteiger partial charge on any atom is -0.368 e. The van der Waals surface area contributed by atoms with Crippen molar-refractivity contribution in [2.75, 3.05) is 38.6 Å². The zero-order valence-corrected chi connectivity index (χ0v) is 12.9. The van der Waals surface area contributed by atoms with Crippen molar-refractivity contribution in [2.24, 2.45) is 0 Å². The molecule has 1 aliphatic rings. The molecule has 18 heavy (non-hydrogen) atoms. The fourth-order valence-electron chi connectivity index (χ4n) is 2.61. The Bertz CT molecular complexity index is 392. The van der Waals surface area contributed by atoms with Gasteiger partial charge in [0.1, 0.15) is 0 Å². The number of benzene rings is 1. The molecular weight excluding hydrogens is 290 g/mol. The van der Waals surface area contributed by atoms with E-state index in [0.29, 0.717) is 12.1 Å². The molecule has 1 aromatic rings. The van der Waals surface area contributed by atoms with E-state index in [9.17, 15) is 0 Å². The molecule has 0 bridgehead atoms. The van der Waals surface area contributed by atoms with Crippen LogP contribution >= 0.6 is 15.9 Å². The molecule has 0 saturated carbocycles. The van der Waals surface area contributed by atoms with Gasteiger partial charge in [-0.1, -0.05) is 22.0 Å². The molecule has 0 aliphatic carbocycles. The second-order valence-corrected chi connectivity index (χ2v) is 6.33. The summed E-state index contributed by atoms with van der Waals surface area (Å²) in [6.45, 7) is 5.47. The molecule has 1 aliphatic heterocycles. The number of nitrogens with one attached hydrogen (secondary N) is 1. The Kier molecular flexibility index (Phi) is 4.65. The third kappa shape index (κ3) is 3.70. The number of hydrogen-bond acceptors (Lipinski definition) is 3. The third-order valence-electron chi connectivity index (χ3n) is 3.21. The van der Waals surface area contributed by atoms with Crippen LogP contribution in [0.4, 0.5) is 5.69 Å². The summed E-state index contributed by atoms with van der Waals surface area (Å²) in [5.74, 6) is 0. The maximum absolute atomic E-state index is 3.67. The second-order valence-electron chi connectivity index (χ2n) is 5.41. The van der Waals surface area contributed by atoms with Gasteiger partial charge in [-0.2, -0.15) is 0 Å². The third-order valence-corrected chi connectivity index (χ3v) is 3.71. The van der Waals surface area contributed by atoms with E-state index in [1.807, 2.05) is 0 Å². The van der Waals surface area contributed by atoms with Crippen molar-refractivity contribution in [3.05, 3.63) is 28.7 Å². The average Bonchev–Trinajstić information content (AvgIpc) is 2.27. The smallest absolute Gasteiger partial charge is 0.0378 e. The predicted molar refractivity (Wildman–Crippen MR) is 81.3 cm³/mol. The molecule has 0 radical (unpaired) electrons. The Balaban J connectivity index is 2.08. The Morgan fingerprint density at radius 2 is 2.17 bits per heavy atom. The molecule has 1 aromatic carbocycles. The van der Waals surface area contributed by atoms with Crippen molar-refractivity contribution in [2.45, 2.75) is 19.0 Å². The second kappa shape index (κ2) is 6.04. The van der Waals surface area contributed by atoms with Crippen LogP contribution in [0.3, 0.4) is 0 Å². The number of hydrogen-bond donors (Lipinski definition) is 1. The summed E-state index contributed by atoms with van der Waals surface area (Å²) in [5, 5.41) is 3.67. The Hall–Kier alpha value is -0.580. The molecule has 1 N–H and O–H groups in total. The highest BCUT2D eigenvalue weighted by Gasteiger charge is 2.24. The first kappa shape index (κ1) is 13.8. The van der Waals surface area contributed by atoms with Gasteiger partial charge in [-0.05, 0) is 39.2 Å². The van der Waals surface area contributed by atoms with Gasteiger partial charge in [-0.15, -0.1) is 0 Å². The Labute approximate surface area is 118 Å². The lowest BCUT2D eigenvalue weighted by atomic mass is 10.1. The van der Waals surface area contributed by atoms with E-state index >= 15 is 0 Å². The molecular formula is C14H22BrN3. The van der Waals surface area contributed by atoms with Gasteiger partial charge in [0.25, 0.3) is 0 Å². The molecule has 2 rings (SSSR count). The highest BCUT2D eigenvalue weighted by molar-refractivity contribution is 9.10. The van der Waals surface area contributed by atoms with Gasteiger partial charge >= 0.3 is 0 Å². The first-order valence-electron chi connectivity index (χ1n) is 6.46.